The third kappa shape index (κ3) is 6.73. The number of aldehydes is 2. The van der Waals surface area contributed by atoms with Crippen molar-refractivity contribution in [3.63, 3.8) is 0 Å². The molecule has 0 aromatic heterocycles. The molecule has 0 N–H and O–H groups in total. The summed E-state index contributed by atoms with van der Waals surface area (Å²) in [4.78, 5) is 25.7. The van der Waals surface area contributed by atoms with Gasteiger partial charge in [-0.1, -0.05) is 81.1 Å². The molecule has 0 saturated carbocycles. The first kappa shape index (κ1) is 38.0. The normalized spacial score (nSPS) is 12.5. The number of fused-ring (bicyclic) bond motifs is 4. The van der Waals surface area contributed by atoms with Gasteiger partial charge < -0.3 is 0 Å². The van der Waals surface area contributed by atoms with Gasteiger partial charge in [0.25, 0.3) is 0 Å². The monoisotopic (exact) mass is 672 g/mol. The fraction of sp³-hybridized carbons (Fsp3) is 0.542. The maximum atomic E-state index is 12.9. The lowest BCUT2D eigenvalue weighted by molar-refractivity contribution is 0.109. The molecule has 1 aliphatic rings. The number of hydrogen-bond donors (Lipinski definition) is 0. The second-order valence-corrected chi connectivity index (χ2v) is 14.9. The molecule has 0 saturated heterocycles. The second kappa shape index (κ2) is 17.3. The summed E-state index contributed by atoms with van der Waals surface area (Å²) < 4.78 is 0. The predicted molar refractivity (Wildman–Crippen MR) is 216 cm³/mol. The molecule has 0 unspecified atom stereocenters. The minimum atomic E-state index is 0.674. The van der Waals surface area contributed by atoms with Crippen LogP contribution in [0.3, 0.4) is 0 Å². The largest absolute Gasteiger partial charge is 0.298 e. The number of aryl methyl sites for hydroxylation is 4. The average molecular weight is 673 g/mol. The van der Waals surface area contributed by atoms with E-state index in [0.29, 0.717) is 11.1 Å². The first-order valence-corrected chi connectivity index (χ1v) is 20.6. The Kier molecular flexibility index (Phi) is 13.1. The molecule has 0 radical (unpaired) electrons. The molecule has 0 heterocycles. The SMILES string of the molecule is CCCCc1c(C=O)c(C=O)c(CCCC)c2c1Cc1c(c(CCCC)c3cc4c(CC)c(CC)c(CC)c(CC)c4cc3c1CCCC)C2. The van der Waals surface area contributed by atoms with E-state index in [1.165, 1.54) is 69.5 Å². The van der Waals surface area contributed by atoms with Crippen molar-refractivity contribution in [2.24, 2.45) is 0 Å². The topological polar surface area (TPSA) is 34.1 Å². The van der Waals surface area contributed by atoms with E-state index < -0.39 is 0 Å². The third-order valence-corrected chi connectivity index (χ3v) is 12.2. The quantitative estimate of drug-likeness (QED) is 0.0686. The van der Waals surface area contributed by atoms with Crippen molar-refractivity contribution < 1.29 is 9.59 Å². The summed E-state index contributed by atoms with van der Waals surface area (Å²) in [5.41, 5.74) is 18.8. The molecule has 0 bridgehead atoms. The molecule has 0 amide bonds. The Bertz CT molecular complexity index is 1740. The summed E-state index contributed by atoms with van der Waals surface area (Å²) in [6.45, 7) is 18.5. The van der Waals surface area contributed by atoms with E-state index in [-0.39, 0.29) is 0 Å². The van der Waals surface area contributed by atoms with Gasteiger partial charge in [-0.2, -0.15) is 0 Å². The highest BCUT2D eigenvalue weighted by Crippen LogP contribution is 2.45. The van der Waals surface area contributed by atoms with E-state index in [9.17, 15) is 9.59 Å². The standard InChI is InChI=1S/C48H64O2/c1-9-17-21-35-41-25-39-33(15-7)31(13-5)32(14-6)34(16-8)40(39)26-42(41)36(22-18-10-2)44-28-46-38(24-20-12-4)48(30-50)47(29-49)37(23-19-11-3)45(46)27-43(35)44/h25-26,29-30H,9-24,27-28H2,1-8H3. The minimum absolute atomic E-state index is 0.674. The summed E-state index contributed by atoms with van der Waals surface area (Å²) in [5, 5.41) is 5.91. The Morgan fingerprint density at radius 2 is 0.680 bits per heavy atom. The molecule has 0 spiro atoms. The van der Waals surface area contributed by atoms with Crippen LogP contribution in [0.5, 0.6) is 0 Å². The molecule has 1 aliphatic carbocycles. The molecular formula is C48H64O2. The molecule has 0 aliphatic heterocycles. The van der Waals surface area contributed by atoms with Gasteiger partial charge in [0, 0.05) is 11.1 Å². The lowest BCUT2D eigenvalue weighted by Crippen LogP contribution is -2.21. The molecule has 268 valence electrons. The molecule has 0 atom stereocenters. The van der Waals surface area contributed by atoms with Crippen molar-refractivity contribution >= 4 is 34.1 Å². The van der Waals surface area contributed by atoms with Crippen LogP contribution in [0.1, 0.15) is 194 Å². The second-order valence-electron chi connectivity index (χ2n) is 14.9. The van der Waals surface area contributed by atoms with Gasteiger partial charge in [0.15, 0.2) is 12.6 Å². The van der Waals surface area contributed by atoms with Crippen LogP contribution in [0, 0.1) is 0 Å². The van der Waals surface area contributed by atoms with Gasteiger partial charge in [-0.15, -0.1) is 0 Å². The molecule has 4 aromatic carbocycles. The van der Waals surface area contributed by atoms with E-state index in [0.717, 1.165) is 114 Å². The van der Waals surface area contributed by atoms with Crippen LogP contribution >= 0.6 is 0 Å². The number of carbonyl (C=O) groups excluding carboxylic acids is 2. The van der Waals surface area contributed by atoms with Gasteiger partial charge in [0.1, 0.15) is 0 Å². The number of benzene rings is 4. The summed E-state index contributed by atoms with van der Waals surface area (Å²) in [6.07, 6.45) is 20.8. The molecular weight excluding hydrogens is 609 g/mol. The Morgan fingerprint density at radius 1 is 0.400 bits per heavy atom. The van der Waals surface area contributed by atoms with E-state index in [4.69, 9.17) is 0 Å². The van der Waals surface area contributed by atoms with Crippen molar-refractivity contribution in [1.29, 1.82) is 0 Å². The number of carbonyl (C=O) groups is 2. The van der Waals surface area contributed by atoms with Crippen molar-refractivity contribution in [2.45, 2.75) is 171 Å². The van der Waals surface area contributed by atoms with E-state index in [1.807, 2.05) is 0 Å². The lowest BCUT2D eigenvalue weighted by Gasteiger charge is -2.32. The zero-order chi connectivity index (χ0) is 35.9. The third-order valence-electron chi connectivity index (χ3n) is 12.2. The molecule has 50 heavy (non-hydrogen) atoms. The van der Waals surface area contributed by atoms with Crippen molar-refractivity contribution in [1.82, 2.24) is 0 Å². The fourth-order valence-electron chi connectivity index (χ4n) is 9.69. The van der Waals surface area contributed by atoms with Crippen LogP contribution in [0.2, 0.25) is 0 Å². The summed E-state index contributed by atoms with van der Waals surface area (Å²) in [6, 6.07) is 5.27. The van der Waals surface area contributed by atoms with Gasteiger partial charge in [0.05, 0.1) is 0 Å². The Balaban J connectivity index is 1.96. The van der Waals surface area contributed by atoms with Crippen LogP contribution in [-0.4, -0.2) is 12.6 Å². The van der Waals surface area contributed by atoms with E-state index >= 15 is 0 Å². The smallest absolute Gasteiger partial charge is 0.151 e. The zero-order valence-corrected chi connectivity index (χ0v) is 32.9. The van der Waals surface area contributed by atoms with Gasteiger partial charge in [0.2, 0.25) is 0 Å². The molecule has 2 nitrogen and oxygen atoms in total. The lowest BCUT2D eigenvalue weighted by atomic mass is 9.71. The molecule has 0 fully saturated rings. The van der Waals surface area contributed by atoms with Gasteiger partial charge in [-0.3, -0.25) is 9.59 Å². The van der Waals surface area contributed by atoms with E-state index in [2.05, 4.69) is 67.5 Å². The van der Waals surface area contributed by atoms with Crippen LogP contribution < -0.4 is 0 Å². The summed E-state index contributed by atoms with van der Waals surface area (Å²) in [7, 11) is 0. The zero-order valence-electron chi connectivity index (χ0n) is 32.9. The molecule has 2 heteroatoms. The number of hydrogen-bond acceptors (Lipinski definition) is 2. The highest BCUT2D eigenvalue weighted by atomic mass is 16.1. The molecule has 4 aromatic rings. The molecule has 5 rings (SSSR count). The van der Waals surface area contributed by atoms with Crippen LogP contribution in [0.4, 0.5) is 0 Å². The van der Waals surface area contributed by atoms with E-state index in [1.54, 1.807) is 33.4 Å². The van der Waals surface area contributed by atoms with Crippen molar-refractivity contribution in [3.8, 4) is 0 Å². The summed E-state index contributed by atoms with van der Waals surface area (Å²) in [5.74, 6) is 0. The van der Waals surface area contributed by atoms with Crippen LogP contribution in [-0.2, 0) is 64.2 Å². The Labute approximate surface area is 303 Å². The Hall–Kier alpha value is -3.26. The number of unbranched alkanes of at least 4 members (excludes halogenated alkanes) is 4. The number of rotatable bonds is 18. The first-order valence-electron chi connectivity index (χ1n) is 20.6. The van der Waals surface area contributed by atoms with Gasteiger partial charge in [-0.25, -0.2) is 0 Å². The first-order chi connectivity index (χ1) is 24.4. The van der Waals surface area contributed by atoms with Crippen LogP contribution in [0.15, 0.2) is 12.1 Å². The van der Waals surface area contributed by atoms with Crippen molar-refractivity contribution in [2.75, 3.05) is 0 Å². The van der Waals surface area contributed by atoms with Gasteiger partial charge in [-0.05, 0) is 190 Å². The van der Waals surface area contributed by atoms with Gasteiger partial charge >= 0.3 is 0 Å². The predicted octanol–water partition coefficient (Wildman–Crippen LogP) is 12.7. The maximum absolute atomic E-state index is 12.9. The average Bonchev–Trinajstić information content (AvgIpc) is 3.14. The Morgan fingerprint density at radius 3 is 0.960 bits per heavy atom. The van der Waals surface area contributed by atoms with Crippen molar-refractivity contribution in [3.05, 3.63) is 90.0 Å². The summed E-state index contributed by atoms with van der Waals surface area (Å²) >= 11 is 0. The highest BCUT2D eigenvalue weighted by molar-refractivity contribution is 6.06. The minimum Gasteiger partial charge on any atom is -0.298 e. The fourth-order valence-corrected chi connectivity index (χ4v) is 9.69. The maximum Gasteiger partial charge on any atom is 0.151 e. The van der Waals surface area contributed by atoms with Crippen LogP contribution in [0.25, 0.3) is 21.5 Å². The highest BCUT2D eigenvalue weighted by Gasteiger charge is 2.31.